The lowest BCUT2D eigenvalue weighted by molar-refractivity contribution is -0.0327. The Hall–Kier alpha value is 0.100. The summed E-state index contributed by atoms with van der Waals surface area (Å²) in [5.74, 6) is 0.769. The van der Waals surface area contributed by atoms with Crippen molar-refractivity contribution in [1.29, 1.82) is 0 Å². The van der Waals surface area contributed by atoms with E-state index in [1.54, 1.807) is 0 Å². The van der Waals surface area contributed by atoms with Crippen LogP contribution in [0.25, 0.3) is 0 Å². The summed E-state index contributed by atoms with van der Waals surface area (Å²) in [4.78, 5) is 0. The van der Waals surface area contributed by atoms with Crippen LogP contribution >= 0.6 is 11.8 Å². The average Bonchev–Trinajstić information content (AvgIpc) is 2.24. The molecule has 1 aliphatic carbocycles. The van der Waals surface area contributed by atoms with Crippen molar-refractivity contribution >= 4 is 11.8 Å². The van der Waals surface area contributed by atoms with Gasteiger partial charge in [0.1, 0.15) is 0 Å². The summed E-state index contributed by atoms with van der Waals surface area (Å²) in [6.45, 7) is 2.54. The van der Waals surface area contributed by atoms with Crippen molar-refractivity contribution in [2.24, 2.45) is 5.92 Å². The molecule has 1 N–H and O–H groups in total. The molecule has 0 radical (unpaired) electrons. The summed E-state index contributed by atoms with van der Waals surface area (Å²) in [6, 6.07) is 0.356. The van der Waals surface area contributed by atoms with Gasteiger partial charge in [0.05, 0.1) is 0 Å². The maximum absolute atomic E-state index is 11.9. The van der Waals surface area contributed by atoms with Crippen molar-refractivity contribution in [2.75, 3.05) is 12.3 Å². The SMILES string of the molecule is C[C@H](NCCSC(F)(F)F)C1CCCCC1. The molecular weight excluding hydrogens is 235 g/mol. The molecule has 0 heterocycles. The highest BCUT2D eigenvalue weighted by molar-refractivity contribution is 8.00. The van der Waals surface area contributed by atoms with E-state index in [9.17, 15) is 13.2 Å². The molecule has 1 nitrogen and oxygen atoms in total. The number of hydrogen-bond acceptors (Lipinski definition) is 2. The largest absolute Gasteiger partial charge is 0.441 e. The van der Waals surface area contributed by atoms with Gasteiger partial charge in [0.15, 0.2) is 0 Å². The molecule has 1 saturated carbocycles. The second-order valence-electron chi connectivity index (χ2n) is 4.44. The fourth-order valence-corrected chi connectivity index (χ4v) is 2.71. The van der Waals surface area contributed by atoms with E-state index < -0.39 is 5.51 Å². The van der Waals surface area contributed by atoms with Gasteiger partial charge in [-0.15, -0.1) is 0 Å². The summed E-state index contributed by atoms with van der Waals surface area (Å²) >= 11 is 0.0597. The van der Waals surface area contributed by atoms with Crippen LogP contribution in [0.3, 0.4) is 0 Å². The first-order chi connectivity index (χ1) is 7.49. The Morgan fingerprint density at radius 2 is 1.88 bits per heavy atom. The molecule has 0 aromatic carbocycles. The van der Waals surface area contributed by atoms with Crippen molar-refractivity contribution < 1.29 is 13.2 Å². The maximum Gasteiger partial charge on any atom is 0.441 e. The molecular formula is C11H20F3NS. The number of nitrogens with one attached hydrogen (secondary N) is 1. The molecule has 0 saturated heterocycles. The second kappa shape index (κ2) is 6.74. The minimum Gasteiger partial charge on any atom is -0.313 e. The Balaban J connectivity index is 2.07. The number of thioether (sulfide) groups is 1. The molecule has 96 valence electrons. The predicted molar refractivity (Wildman–Crippen MR) is 62.6 cm³/mol. The van der Waals surface area contributed by atoms with Gasteiger partial charge < -0.3 is 5.32 Å². The Morgan fingerprint density at radius 3 is 2.44 bits per heavy atom. The quantitative estimate of drug-likeness (QED) is 0.750. The van der Waals surface area contributed by atoms with Gasteiger partial charge >= 0.3 is 5.51 Å². The summed E-state index contributed by atoms with van der Waals surface area (Å²) < 4.78 is 35.6. The third kappa shape index (κ3) is 5.99. The van der Waals surface area contributed by atoms with E-state index in [-0.39, 0.29) is 17.5 Å². The van der Waals surface area contributed by atoms with E-state index in [1.165, 1.54) is 32.1 Å². The first-order valence-electron chi connectivity index (χ1n) is 5.93. The van der Waals surface area contributed by atoms with Gasteiger partial charge in [0.2, 0.25) is 0 Å². The molecule has 16 heavy (non-hydrogen) atoms. The van der Waals surface area contributed by atoms with Crippen molar-refractivity contribution in [2.45, 2.75) is 50.6 Å². The molecule has 1 fully saturated rings. The predicted octanol–water partition coefficient (Wildman–Crippen LogP) is 3.80. The van der Waals surface area contributed by atoms with Crippen LogP contribution in [-0.4, -0.2) is 23.8 Å². The average molecular weight is 255 g/mol. The normalized spacial score (nSPS) is 21.0. The first kappa shape index (κ1) is 14.2. The van der Waals surface area contributed by atoms with Crippen molar-refractivity contribution in [3.63, 3.8) is 0 Å². The zero-order chi connectivity index (χ0) is 12.0. The molecule has 1 atom stereocenters. The van der Waals surface area contributed by atoms with Gasteiger partial charge in [-0.3, -0.25) is 0 Å². The Bertz CT molecular complexity index is 190. The molecule has 0 spiro atoms. The molecule has 0 aromatic rings. The van der Waals surface area contributed by atoms with E-state index in [4.69, 9.17) is 0 Å². The van der Waals surface area contributed by atoms with Crippen LogP contribution < -0.4 is 5.32 Å². The highest BCUT2D eigenvalue weighted by Crippen LogP contribution is 2.30. The zero-order valence-electron chi connectivity index (χ0n) is 9.65. The fourth-order valence-electron chi connectivity index (χ4n) is 2.25. The smallest absolute Gasteiger partial charge is 0.313 e. The van der Waals surface area contributed by atoms with Crippen LogP contribution in [0.1, 0.15) is 39.0 Å². The molecule has 1 aliphatic rings. The minimum absolute atomic E-state index is 0.0597. The Kier molecular flexibility index (Phi) is 5.97. The van der Waals surface area contributed by atoms with Gasteiger partial charge in [-0.1, -0.05) is 19.3 Å². The number of rotatable bonds is 5. The third-order valence-electron chi connectivity index (χ3n) is 3.19. The second-order valence-corrected chi connectivity index (χ2v) is 5.59. The van der Waals surface area contributed by atoms with Crippen molar-refractivity contribution in [1.82, 2.24) is 5.32 Å². The summed E-state index contributed by atoms with van der Waals surface area (Å²) in [5.41, 5.74) is -4.09. The van der Waals surface area contributed by atoms with Gasteiger partial charge in [-0.25, -0.2) is 0 Å². The molecule has 0 bridgehead atoms. The van der Waals surface area contributed by atoms with E-state index in [0.717, 1.165) is 0 Å². The third-order valence-corrected chi connectivity index (χ3v) is 3.93. The van der Waals surface area contributed by atoms with Crippen molar-refractivity contribution in [3.8, 4) is 0 Å². The molecule has 0 unspecified atom stereocenters. The minimum atomic E-state index is -4.09. The number of halogens is 3. The Morgan fingerprint density at radius 1 is 1.25 bits per heavy atom. The lowest BCUT2D eigenvalue weighted by Gasteiger charge is -2.28. The standard InChI is InChI=1S/C11H20F3NS/c1-9(10-5-3-2-4-6-10)15-7-8-16-11(12,13)14/h9-10,15H,2-8H2,1H3/t9-/m0/s1. The molecule has 0 aliphatic heterocycles. The summed E-state index contributed by atoms with van der Waals surface area (Å²) in [7, 11) is 0. The van der Waals surface area contributed by atoms with Crippen molar-refractivity contribution in [3.05, 3.63) is 0 Å². The number of hydrogen-bond donors (Lipinski definition) is 1. The Labute approximate surface area is 99.6 Å². The topological polar surface area (TPSA) is 12.0 Å². The van der Waals surface area contributed by atoms with E-state index in [0.29, 0.717) is 18.5 Å². The van der Waals surface area contributed by atoms with Crippen LogP contribution in [0, 0.1) is 5.92 Å². The van der Waals surface area contributed by atoms with E-state index in [1.807, 2.05) is 0 Å². The fraction of sp³-hybridized carbons (Fsp3) is 1.00. The van der Waals surface area contributed by atoms with Gasteiger partial charge in [-0.2, -0.15) is 13.2 Å². The summed E-state index contributed by atoms with van der Waals surface area (Å²) in [6.07, 6.45) is 6.30. The summed E-state index contributed by atoms with van der Waals surface area (Å²) in [5, 5.41) is 3.20. The van der Waals surface area contributed by atoms with Crippen LogP contribution in [0.4, 0.5) is 13.2 Å². The van der Waals surface area contributed by atoms with E-state index >= 15 is 0 Å². The van der Waals surface area contributed by atoms with Crippen LogP contribution in [0.2, 0.25) is 0 Å². The van der Waals surface area contributed by atoms with Gasteiger partial charge in [0.25, 0.3) is 0 Å². The maximum atomic E-state index is 11.9. The highest BCUT2D eigenvalue weighted by atomic mass is 32.2. The molecule has 5 heteroatoms. The molecule has 0 amide bonds. The first-order valence-corrected chi connectivity index (χ1v) is 6.91. The number of alkyl halides is 3. The monoisotopic (exact) mass is 255 g/mol. The molecule has 0 aromatic heterocycles. The van der Waals surface area contributed by atoms with E-state index in [2.05, 4.69) is 12.2 Å². The molecule has 1 rings (SSSR count). The van der Waals surface area contributed by atoms with Crippen LogP contribution in [0.5, 0.6) is 0 Å². The van der Waals surface area contributed by atoms with Crippen LogP contribution in [-0.2, 0) is 0 Å². The van der Waals surface area contributed by atoms with Gasteiger partial charge in [-0.05, 0) is 37.4 Å². The zero-order valence-corrected chi connectivity index (χ0v) is 10.5. The highest BCUT2D eigenvalue weighted by Gasteiger charge is 2.27. The lowest BCUT2D eigenvalue weighted by Crippen LogP contribution is -2.36. The lowest BCUT2D eigenvalue weighted by atomic mass is 9.84. The van der Waals surface area contributed by atoms with Gasteiger partial charge in [0, 0.05) is 18.3 Å². The van der Waals surface area contributed by atoms with Crippen LogP contribution in [0.15, 0.2) is 0 Å².